The molecule has 0 radical (unpaired) electrons. The van der Waals surface area contributed by atoms with Gasteiger partial charge in [-0.1, -0.05) is 0 Å². The SMILES string of the molecule is COCCOc1ccc2ncnc(Nc3ccc(Oc4ccn5ccnc5c4)c(C)c3)c2c1. The summed E-state index contributed by atoms with van der Waals surface area (Å²) in [5.41, 5.74) is 3.56. The maximum atomic E-state index is 6.09. The third kappa shape index (κ3) is 4.56. The van der Waals surface area contributed by atoms with Gasteiger partial charge < -0.3 is 23.9 Å². The van der Waals surface area contributed by atoms with Crippen LogP contribution in [0.1, 0.15) is 5.56 Å². The molecule has 0 unspecified atom stereocenters. The fourth-order valence-corrected chi connectivity index (χ4v) is 3.53. The Balaban J connectivity index is 1.36. The molecular formula is C25H23N5O3. The van der Waals surface area contributed by atoms with E-state index in [9.17, 15) is 0 Å². The Kier molecular flexibility index (Phi) is 5.73. The minimum Gasteiger partial charge on any atom is -0.491 e. The van der Waals surface area contributed by atoms with Gasteiger partial charge in [0.25, 0.3) is 0 Å². The van der Waals surface area contributed by atoms with E-state index in [1.54, 1.807) is 19.6 Å². The van der Waals surface area contributed by atoms with Crippen LogP contribution < -0.4 is 14.8 Å². The maximum Gasteiger partial charge on any atom is 0.141 e. The third-order valence-corrected chi connectivity index (χ3v) is 5.20. The summed E-state index contributed by atoms with van der Waals surface area (Å²) in [5, 5.41) is 4.27. The van der Waals surface area contributed by atoms with Crippen LogP contribution in [0.25, 0.3) is 16.6 Å². The van der Waals surface area contributed by atoms with E-state index in [0.717, 1.165) is 45.0 Å². The van der Waals surface area contributed by atoms with Crippen LogP contribution in [0.2, 0.25) is 0 Å². The summed E-state index contributed by atoms with van der Waals surface area (Å²) in [6.45, 7) is 3.01. The zero-order valence-electron chi connectivity index (χ0n) is 18.4. The molecule has 3 heterocycles. The normalized spacial score (nSPS) is 11.1. The summed E-state index contributed by atoms with van der Waals surface area (Å²) in [5.74, 6) is 2.96. The highest BCUT2D eigenvalue weighted by Crippen LogP contribution is 2.31. The van der Waals surface area contributed by atoms with Gasteiger partial charge in [0.1, 0.15) is 41.6 Å². The molecule has 0 aliphatic rings. The first kappa shape index (κ1) is 20.7. The summed E-state index contributed by atoms with van der Waals surface area (Å²) >= 11 is 0. The molecule has 5 rings (SSSR count). The van der Waals surface area contributed by atoms with E-state index in [2.05, 4.69) is 20.3 Å². The number of hydrogen-bond acceptors (Lipinski definition) is 7. The van der Waals surface area contributed by atoms with Crippen molar-refractivity contribution in [1.82, 2.24) is 19.4 Å². The molecular weight excluding hydrogens is 418 g/mol. The Hall–Kier alpha value is -4.17. The average Bonchev–Trinajstić information content (AvgIpc) is 3.29. The minimum atomic E-state index is 0.479. The van der Waals surface area contributed by atoms with Crippen LogP contribution in [-0.2, 0) is 4.74 Å². The van der Waals surface area contributed by atoms with Crippen molar-refractivity contribution in [3.63, 3.8) is 0 Å². The van der Waals surface area contributed by atoms with Crippen LogP contribution >= 0.6 is 0 Å². The van der Waals surface area contributed by atoms with Gasteiger partial charge in [-0.05, 0) is 55.0 Å². The van der Waals surface area contributed by atoms with E-state index < -0.39 is 0 Å². The molecule has 0 bridgehead atoms. The van der Waals surface area contributed by atoms with E-state index >= 15 is 0 Å². The first-order valence-electron chi connectivity index (χ1n) is 10.5. The van der Waals surface area contributed by atoms with E-state index in [4.69, 9.17) is 14.2 Å². The van der Waals surface area contributed by atoms with Gasteiger partial charge in [0.05, 0.1) is 12.1 Å². The van der Waals surface area contributed by atoms with Crippen molar-refractivity contribution < 1.29 is 14.2 Å². The first-order valence-corrected chi connectivity index (χ1v) is 10.5. The lowest BCUT2D eigenvalue weighted by molar-refractivity contribution is 0.146. The fourth-order valence-electron chi connectivity index (χ4n) is 3.53. The summed E-state index contributed by atoms with van der Waals surface area (Å²) in [4.78, 5) is 13.1. The molecule has 3 aromatic heterocycles. The zero-order valence-corrected chi connectivity index (χ0v) is 18.4. The smallest absolute Gasteiger partial charge is 0.141 e. The molecule has 0 atom stereocenters. The van der Waals surface area contributed by atoms with Gasteiger partial charge in [-0.2, -0.15) is 0 Å². The number of ether oxygens (including phenoxy) is 3. The van der Waals surface area contributed by atoms with E-state index in [-0.39, 0.29) is 0 Å². The zero-order chi connectivity index (χ0) is 22.6. The summed E-state index contributed by atoms with van der Waals surface area (Å²) in [6, 6.07) is 15.5. The molecule has 0 saturated heterocycles. The molecule has 8 nitrogen and oxygen atoms in total. The Morgan fingerprint density at radius 1 is 0.909 bits per heavy atom. The molecule has 0 aliphatic carbocycles. The van der Waals surface area contributed by atoms with E-state index in [1.807, 2.05) is 72.2 Å². The number of anilines is 2. The monoisotopic (exact) mass is 441 g/mol. The second-order valence-corrected chi connectivity index (χ2v) is 7.50. The van der Waals surface area contributed by atoms with Crippen molar-refractivity contribution in [1.29, 1.82) is 0 Å². The number of rotatable bonds is 8. The number of nitrogens with zero attached hydrogens (tertiary/aromatic N) is 4. The van der Waals surface area contributed by atoms with Gasteiger partial charge in [0, 0.05) is 42.8 Å². The van der Waals surface area contributed by atoms with Gasteiger partial charge in [0.2, 0.25) is 0 Å². The number of aryl methyl sites for hydroxylation is 1. The maximum absolute atomic E-state index is 6.09. The Labute approximate surface area is 190 Å². The van der Waals surface area contributed by atoms with Gasteiger partial charge in [-0.3, -0.25) is 0 Å². The minimum absolute atomic E-state index is 0.479. The quantitative estimate of drug-likeness (QED) is 0.334. The highest BCUT2D eigenvalue weighted by atomic mass is 16.5. The molecule has 1 N–H and O–H groups in total. The molecule has 0 fully saturated rings. The van der Waals surface area contributed by atoms with Crippen LogP contribution in [0.4, 0.5) is 11.5 Å². The topological polar surface area (TPSA) is 82.8 Å². The summed E-state index contributed by atoms with van der Waals surface area (Å²) < 4.78 is 18.8. The largest absolute Gasteiger partial charge is 0.491 e. The third-order valence-electron chi connectivity index (χ3n) is 5.20. The van der Waals surface area contributed by atoms with Gasteiger partial charge in [0.15, 0.2) is 0 Å². The Morgan fingerprint density at radius 3 is 2.73 bits per heavy atom. The number of pyridine rings is 1. The van der Waals surface area contributed by atoms with Crippen molar-refractivity contribution in [2.75, 3.05) is 25.6 Å². The molecule has 0 saturated carbocycles. The number of imidazole rings is 1. The second kappa shape index (κ2) is 9.13. The van der Waals surface area contributed by atoms with Crippen molar-refractivity contribution in [3.8, 4) is 17.2 Å². The standard InChI is InChI=1S/C25H23N5O3/c1-17-13-18(3-6-23(17)33-20-7-9-30-10-8-26-24(30)15-20)29-25-21-14-19(32-12-11-31-2)4-5-22(21)27-16-28-25/h3-10,13-16H,11-12H2,1-2H3,(H,27,28,29). The van der Waals surface area contributed by atoms with Gasteiger partial charge >= 0.3 is 0 Å². The highest BCUT2D eigenvalue weighted by molar-refractivity contribution is 5.91. The van der Waals surface area contributed by atoms with Crippen molar-refractivity contribution in [2.45, 2.75) is 6.92 Å². The molecule has 33 heavy (non-hydrogen) atoms. The summed E-state index contributed by atoms with van der Waals surface area (Å²) in [7, 11) is 1.65. The predicted molar refractivity (Wildman–Crippen MR) is 127 cm³/mol. The van der Waals surface area contributed by atoms with Crippen molar-refractivity contribution in [2.24, 2.45) is 0 Å². The van der Waals surface area contributed by atoms with Crippen LogP contribution in [0, 0.1) is 6.92 Å². The van der Waals surface area contributed by atoms with Crippen LogP contribution in [0.3, 0.4) is 0 Å². The Morgan fingerprint density at radius 2 is 1.85 bits per heavy atom. The Bertz CT molecular complexity index is 1420. The predicted octanol–water partition coefficient (Wildman–Crippen LogP) is 5.15. The molecule has 5 aromatic rings. The van der Waals surface area contributed by atoms with Crippen LogP contribution in [-0.4, -0.2) is 39.7 Å². The molecule has 0 spiro atoms. The van der Waals surface area contributed by atoms with Crippen LogP contribution in [0.15, 0.2) is 73.4 Å². The number of aromatic nitrogens is 4. The van der Waals surface area contributed by atoms with Gasteiger partial charge in [-0.25, -0.2) is 15.0 Å². The fraction of sp³-hybridized carbons (Fsp3) is 0.160. The number of fused-ring (bicyclic) bond motifs is 2. The van der Waals surface area contributed by atoms with E-state index in [0.29, 0.717) is 19.0 Å². The van der Waals surface area contributed by atoms with Crippen molar-refractivity contribution in [3.05, 3.63) is 79.0 Å². The number of hydrogen-bond donors (Lipinski definition) is 1. The molecule has 2 aromatic carbocycles. The van der Waals surface area contributed by atoms with Crippen molar-refractivity contribution >= 4 is 28.1 Å². The highest BCUT2D eigenvalue weighted by Gasteiger charge is 2.09. The summed E-state index contributed by atoms with van der Waals surface area (Å²) in [6.07, 6.45) is 7.13. The lowest BCUT2D eigenvalue weighted by Crippen LogP contribution is -2.04. The molecule has 166 valence electrons. The molecule has 0 amide bonds. The number of benzene rings is 2. The number of nitrogens with one attached hydrogen (secondary N) is 1. The second-order valence-electron chi connectivity index (χ2n) is 7.50. The molecule has 8 heteroatoms. The lowest BCUT2D eigenvalue weighted by Gasteiger charge is -2.13. The average molecular weight is 441 g/mol. The number of methoxy groups -OCH3 is 1. The van der Waals surface area contributed by atoms with E-state index in [1.165, 1.54) is 0 Å². The first-order chi connectivity index (χ1) is 16.2. The van der Waals surface area contributed by atoms with Gasteiger partial charge in [-0.15, -0.1) is 0 Å². The lowest BCUT2D eigenvalue weighted by atomic mass is 10.2. The van der Waals surface area contributed by atoms with Crippen LogP contribution in [0.5, 0.6) is 17.2 Å². The molecule has 0 aliphatic heterocycles.